The number of aryl methyl sites for hydroxylation is 2. The second kappa shape index (κ2) is 8.73. The van der Waals surface area contributed by atoms with Crippen molar-refractivity contribution in [3.05, 3.63) is 51.1 Å². The number of hydrogen-bond donors (Lipinski definition) is 2. The first-order valence-corrected chi connectivity index (χ1v) is 11.4. The number of hydrogen-bond acceptors (Lipinski definition) is 7. The van der Waals surface area contributed by atoms with Crippen LogP contribution in [0.5, 0.6) is 0 Å². The maximum Gasteiger partial charge on any atom is 0.253 e. The molecule has 1 aromatic carbocycles. The Bertz CT molecular complexity index is 1160. The quantitative estimate of drug-likeness (QED) is 0.626. The number of ether oxygens (including phenoxy) is 1. The molecule has 0 saturated carbocycles. The molecule has 9 nitrogen and oxygen atoms in total. The fraction of sp³-hybridized carbons (Fsp3) is 0.565. The number of aliphatic hydroxyl groups excluding tert-OH is 1. The summed E-state index contributed by atoms with van der Waals surface area (Å²) >= 11 is 0. The van der Waals surface area contributed by atoms with Crippen LogP contribution in [0.4, 0.5) is 0 Å². The van der Waals surface area contributed by atoms with Crippen molar-refractivity contribution in [1.82, 2.24) is 30.1 Å². The number of pyridine rings is 1. The summed E-state index contributed by atoms with van der Waals surface area (Å²) in [5.74, 6) is 0.645. The molecule has 9 heteroatoms. The van der Waals surface area contributed by atoms with Gasteiger partial charge in [0.25, 0.3) is 5.56 Å². The van der Waals surface area contributed by atoms with Crippen LogP contribution in [0, 0.1) is 13.8 Å². The van der Waals surface area contributed by atoms with Crippen LogP contribution in [-0.4, -0.2) is 67.1 Å². The average molecular weight is 439 g/mol. The number of aliphatic hydroxyl groups is 1. The first kappa shape index (κ1) is 21.2. The summed E-state index contributed by atoms with van der Waals surface area (Å²) in [6, 6.07) is 5.75. The van der Waals surface area contributed by atoms with Crippen molar-refractivity contribution in [2.24, 2.45) is 0 Å². The molecule has 0 radical (unpaired) electrons. The number of likely N-dealkylation sites (tertiary alicyclic amines) is 1. The zero-order chi connectivity index (χ0) is 22.2. The van der Waals surface area contributed by atoms with Gasteiger partial charge in [-0.15, -0.1) is 5.10 Å². The molecule has 2 N–H and O–H groups in total. The normalized spacial score (nSPS) is 21.4. The lowest BCUT2D eigenvalue weighted by molar-refractivity contribution is 0.0632. The van der Waals surface area contributed by atoms with Gasteiger partial charge in [-0.2, -0.15) is 0 Å². The molecule has 4 heterocycles. The molecule has 0 aliphatic carbocycles. The van der Waals surface area contributed by atoms with Crippen molar-refractivity contribution in [3.8, 4) is 0 Å². The Morgan fingerprint density at radius 2 is 2.03 bits per heavy atom. The molecular formula is C23H30N6O3. The highest BCUT2D eigenvalue weighted by molar-refractivity contribution is 5.83. The second-order valence-corrected chi connectivity index (χ2v) is 9.12. The Morgan fingerprint density at radius 1 is 1.22 bits per heavy atom. The van der Waals surface area contributed by atoms with Crippen LogP contribution in [0.1, 0.15) is 54.2 Å². The largest absolute Gasteiger partial charge is 0.393 e. The lowest BCUT2D eigenvalue weighted by Gasteiger charge is -2.35. The molecule has 2 fully saturated rings. The Labute approximate surface area is 186 Å². The van der Waals surface area contributed by atoms with E-state index in [9.17, 15) is 9.90 Å². The van der Waals surface area contributed by atoms with E-state index in [0.29, 0.717) is 43.9 Å². The van der Waals surface area contributed by atoms with Crippen LogP contribution < -0.4 is 5.56 Å². The van der Waals surface area contributed by atoms with E-state index in [1.54, 1.807) is 4.68 Å². The van der Waals surface area contributed by atoms with Gasteiger partial charge in [-0.25, -0.2) is 4.68 Å². The molecule has 32 heavy (non-hydrogen) atoms. The van der Waals surface area contributed by atoms with Gasteiger partial charge in [-0.1, -0.05) is 11.6 Å². The molecule has 2 aliphatic heterocycles. The van der Waals surface area contributed by atoms with Crippen molar-refractivity contribution in [1.29, 1.82) is 0 Å². The predicted octanol–water partition coefficient (Wildman–Crippen LogP) is 1.86. The summed E-state index contributed by atoms with van der Waals surface area (Å²) in [4.78, 5) is 18.6. The SMILES string of the molecule is Cc1cc(C)c2[nH]c(=O)c([C@H](c3nnnn3C[C@@H]3CCCO3)N3CCC(O)CC3)cc2c1. The number of rotatable bonds is 5. The highest BCUT2D eigenvalue weighted by Crippen LogP contribution is 2.30. The average Bonchev–Trinajstić information content (AvgIpc) is 3.44. The first-order valence-electron chi connectivity index (χ1n) is 11.4. The first-order chi connectivity index (χ1) is 15.5. The number of aromatic amines is 1. The van der Waals surface area contributed by atoms with E-state index >= 15 is 0 Å². The van der Waals surface area contributed by atoms with Crippen LogP contribution >= 0.6 is 0 Å². The topological polar surface area (TPSA) is 109 Å². The standard InChI is InChI=1S/C23H30N6O3/c1-14-10-15(2)20-16(11-14)12-19(23(31)24-20)21(28-7-5-17(30)6-8-28)22-25-26-27-29(22)13-18-4-3-9-32-18/h10-12,17-18,21,30H,3-9,13H2,1-2H3,(H,24,31)/t18-,21+/m0/s1. The zero-order valence-corrected chi connectivity index (χ0v) is 18.6. The van der Waals surface area contributed by atoms with Crippen LogP contribution in [0.2, 0.25) is 0 Å². The molecule has 3 aromatic rings. The lowest BCUT2D eigenvalue weighted by atomic mass is 9.98. The molecule has 2 aliphatic rings. The number of nitrogens with one attached hydrogen (secondary N) is 1. The number of fused-ring (bicyclic) bond motifs is 1. The van der Waals surface area contributed by atoms with Gasteiger partial charge in [0.15, 0.2) is 5.82 Å². The van der Waals surface area contributed by atoms with Crippen LogP contribution in [-0.2, 0) is 11.3 Å². The summed E-state index contributed by atoms with van der Waals surface area (Å²) in [5.41, 5.74) is 3.55. The maximum atomic E-state index is 13.3. The molecule has 0 unspecified atom stereocenters. The minimum Gasteiger partial charge on any atom is -0.393 e. The number of aromatic nitrogens is 5. The Hall–Kier alpha value is -2.62. The predicted molar refractivity (Wildman–Crippen MR) is 119 cm³/mol. The van der Waals surface area contributed by atoms with E-state index in [-0.39, 0.29) is 17.8 Å². The highest BCUT2D eigenvalue weighted by Gasteiger charge is 2.33. The van der Waals surface area contributed by atoms with Crippen LogP contribution in [0.25, 0.3) is 10.9 Å². The number of tetrazole rings is 1. The minimum atomic E-state index is -0.395. The van der Waals surface area contributed by atoms with Gasteiger partial charge in [-0.3, -0.25) is 9.69 Å². The summed E-state index contributed by atoms with van der Waals surface area (Å²) in [6.07, 6.45) is 3.12. The van der Waals surface area contributed by atoms with Gasteiger partial charge in [0.2, 0.25) is 0 Å². The molecule has 5 rings (SSSR count). The Morgan fingerprint density at radius 3 is 2.78 bits per heavy atom. The number of H-pyrrole nitrogens is 1. The zero-order valence-electron chi connectivity index (χ0n) is 18.6. The number of benzene rings is 1. The van der Waals surface area contributed by atoms with E-state index in [1.165, 1.54) is 0 Å². The molecule has 2 atom stereocenters. The highest BCUT2D eigenvalue weighted by atomic mass is 16.5. The lowest BCUT2D eigenvalue weighted by Crippen LogP contribution is -2.42. The molecule has 0 amide bonds. The van der Waals surface area contributed by atoms with E-state index in [4.69, 9.17) is 4.74 Å². The van der Waals surface area contributed by atoms with Crippen molar-refractivity contribution in [2.45, 2.75) is 64.3 Å². The van der Waals surface area contributed by atoms with Gasteiger partial charge in [0, 0.05) is 25.3 Å². The molecule has 170 valence electrons. The molecule has 2 saturated heterocycles. The van der Waals surface area contributed by atoms with Gasteiger partial charge in [-0.05, 0) is 73.0 Å². The van der Waals surface area contributed by atoms with Crippen molar-refractivity contribution in [3.63, 3.8) is 0 Å². The third kappa shape index (κ3) is 4.07. The van der Waals surface area contributed by atoms with Crippen molar-refractivity contribution >= 4 is 10.9 Å². The fourth-order valence-corrected chi connectivity index (χ4v) is 5.07. The molecule has 0 bridgehead atoms. The number of piperidine rings is 1. The minimum absolute atomic E-state index is 0.0845. The second-order valence-electron chi connectivity index (χ2n) is 9.12. The Balaban J connectivity index is 1.61. The fourth-order valence-electron chi connectivity index (χ4n) is 5.07. The monoisotopic (exact) mass is 438 g/mol. The van der Waals surface area contributed by atoms with Gasteiger partial charge < -0.3 is 14.8 Å². The summed E-state index contributed by atoms with van der Waals surface area (Å²) in [6.45, 7) is 6.74. The molecule has 0 spiro atoms. The smallest absolute Gasteiger partial charge is 0.253 e. The van der Waals surface area contributed by atoms with E-state index in [0.717, 1.165) is 41.5 Å². The van der Waals surface area contributed by atoms with Gasteiger partial charge in [0.1, 0.15) is 6.04 Å². The van der Waals surface area contributed by atoms with Gasteiger partial charge >= 0.3 is 0 Å². The summed E-state index contributed by atoms with van der Waals surface area (Å²) < 4.78 is 7.59. The van der Waals surface area contributed by atoms with Gasteiger partial charge in [0.05, 0.1) is 24.3 Å². The summed E-state index contributed by atoms with van der Waals surface area (Å²) in [5, 5.41) is 23.6. The van der Waals surface area contributed by atoms with Crippen molar-refractivity contribution < 1.29 is 9.84 Å². The van der Waals surface area contributed by atoms with E-state index in [1.807, 2.05) is 13.0 Å². The Kier molecular flexibility index (Phi) is 5.79. The molecular weight excluding hydrogens is 408 g/mol. The summed E-state index contributed by atoms with van der Waals surface area (Å²) in [7, 11) is 0. The van der Waals surface area contributed by atoms with E-state index in [2.05, 4.69) is 44.5 Å². The maximum absolute atomic E-state index is 13.3. The third-order valence-electron chi connectivity index (χ3n) is 6.69. The van der Waals surface area contributed by atoms with Crippen molar-refractivity contribution in [2.75, 3.05) is 19.7 Å². The van der Waals surface area contributed by atoms with Crippen LogP contribution in [0.3, 0.4) is 0 Å². The van der Waals surface area contributed by atoms with E-state index < -0.39 is 6.04 Å². The molecule has 2 aromatic heterocycles. The number of nitrogens with zero attached hydrogens (tertiary/aromatic N) is 5. The third-order valence-corrected chi connectivity index (χ3v) is 6.69. The van der Waals surface area contributed by atoms with Crippen LogP contribution in [0.15, 0.2) is 23.0 Å².